The lowest BCUT2D eigenvalue weighted by molar-refractivity contribution is -0.141. The summed E-state index contributed by atoms with van der Waals surface area (Å²) in [4.78, 5) is 9.21. The van der Waals surface area contributed by atoms with E-state index in [4.69, 9.17) is 0 Å². The van der Waals surface area contributed by atoms with Crippen molar-refractivity contribution in [1.82, 2.24) is 20.2 Å². The van der Waals surface area contributed by atoms with Crippen LogP contribution in [-0.2, 0) is 6.18 Å². The highest BCUT2D eigenvalue weighted by Gasteiger charge is 2.33. The van der Waals surface area contributed by atoms with Crippen molar-refractivity contribution in [2.45, 2.75) is 24.9 Å². The molecule has 0 saturated carbocycles. The van der Waals surface area contributed by atoms with E-state index in [0.29, 0.717) is 24.8 Å². The van der Waals surface area contributed by atoms with E-state index in [9.17, 15) is 13.2 Å². The zero-order valence-corrected chi connectivity index (χ0v) is 13.3. The number of fused-ring (bicyclic) bond motifs is 1. The Morgan fingerprint density at radius 3 is 2.60 bits per heavy atom. The predicted molar refractivity (Wildman–Crippen MR) is 87.3 cm³/mol. The average molecular weight is 347 g/mol. The maximum Gasteiger partial charge on any atom is 0.433 e. The molecule has 5 nitrogen and oxygen atoms in total. The van der Waals surface area contributed by atoms with Crippen LogP contribution < -0.4 is 4.90 Å². The third kappa shape index (κ3) is 3.04. The SMILES string of the molecule is FC(F)(F)c1cc(N2CCC(c3[nH]nc4ccccc34)CC2)ncn1. The van der Waals surface area contributed by atoms with Crippen LogP contribution in [0.3, 0.4) is 0 Å². The number of aromatic amines is 1. The minimum atomic E-state index is -4.45. The molecule has 0 amide bonds. The van der Waals surface area contributed by atoms with Gasteiger partial charge in [-0.1, -0.05) is 18.2 Å². The fraction of sp³-hybridized carbons (Fsp3) is 0.353. The fourth-order valence-corrected chi connectivity index (χ4v) is 3.36. The maximum atomic E-state index is 12.8. The molecule has 130 valence electrons. The van der Waals surface area contributed by atoms with E-state index in [1.807, 2.05) is 29.2 Å². The Labute approximate surface area is 141 Å². The first-order valence-electron chi connectivity index (χ1n) is 8.09. The first-order chi connectivity index (χ1) is 12.0. The van der Waals surface area contributed by atoms with Gasteiger partial charge < -0.3 is 4.90 Å². The van der Waals surface area contributed by atoms with Crippen LogP contribution in [0.4, 0.5) is 19.0 Å². The van der Waals surface area contributed by atoms with E-state index in [0.717, 1.165) is 41.8 Å². The van der Waals surface area contributed by atoms with Crippen LogP contribution in [0.1, 0.15) is 30.1 Å². The van der Waals surface area contributed by atoms with Gasteiger partial charge in [-0.2, -0.15) is 18.3 Å². The van der Waals surface area contributed by atoms with E-state index < -0.39 is 11.9 Å². The number of piperidine rings is 1. The number of hydrogen-bond acceptors (Lipinski definition) is 4. The summed E-state index contributed by atoms with van der Waals surface area (Å²) >= 11 is 0. The van der Waals surface area contributed by atoms with E-state index >= 15 is 0 Å². The summed E-state index contributed by atoms with van der Waals surface area (Å²) in [6.07, 6.45) is -1.81. The Morgan fingerprint density at radius 1 is 1.08 bits per heavy atom. The van der Waals surface area contributed by atoms with Crippen LogP contribution in [0, 0.1) is 0 Å². The number of anilines is 1. The average Bonchev–Trinajstić information content (AvgIpc) is 3.05. The lowest BCUT2D eigenvalue weighted by Gasteiger charge is -2.32. The second-order valence-electron chi connectivity index (χ2n) is 6.17. The summed E-state index contributed by atoms with van der Waals surface area (Å²) in [5.74, 6) is 0.641. The Hall–Kier alpha value is -2.64. The smallest absolute Gasteiger partial charge is 0.356 e. The second-order valence-corrected chi connectivity index (χ2v) is 6.17. The van der Waals surface area contributed by atoms with Gasteiger partial charge in [-0.3, -0.25) is 5.10 Å². The van der Waals surface area contributed by atoms with Gasteiger partial charge >= 0.3 is 6.18 Å². The number of hydrogen-bond donors (Lipinski definition) is 1. The summed E-state index contributed by atoms with van der Waals surface area (Å²) in [5.41, 5.74) is 1.14. The highest BCUT2D eigenvalue weighted by Crippen LogP contribution is 2.34. The lowest BCUT2D eigenvalue weighted by Crippen LogP contribution is -2.34. The van der Waals surface area contributed by atoms with Crippen LogP contribution in [0.15, 0.2) is 36.7 Å². The predicted octanol–water partition coefficient (Wildman–Crippen LogP) is 3.76. The van der Waals surface area contributed by atoms with Gasteiger partial charge in [0.25, 0.3) is 0 Å². The van der Waals surface area contributed by atoms with Crippen LogP contribution in [0.2, 0.25) is 0 Å². The molecular weight excluding hydrogens is 331 g/mol. The zero-order valence-electron chi connectivity index (χ0n) is 13.3. The molecule has 0 atom stereocenters. The molecule has 0 aliphatic carbocycles. The van der Waals surface area contributed by atoms with Gasteiger partial charge in [-0.15, -0.1) is 0 Å². The molecule has 1 aromatic carbocycles. The number of rotatable bonds is 2. The molecule has 3 heterocycles. The molecule has 8 heteroatoms. The third-order valence-corrected chi connectivity index (χ3v) is 4.66. The number of halogens is 3. The van der Waals surface area contributed by atoms with Gasteiger partial charge in [-0.25, -0.2) is 9.97 Å². The summed E-state index contributed by atoms with van der Waals surface area (Å²) in [7, 11) is 0. The van der Waals surface area contributed by atoms with Gasteiger partial charge in [0.2, 0.25) is 0 Å². The molecular formula is C17H16F3N5. The highest BCUT2D eigenvalue weighted by atomic mass is 19.4. The zero-order chi connectivity index (χ0) is 17.4. The number of benzene rings is 1. The van der Waals surface area contributed by atoms with Crippen LogP contribution in [0.5, 0.6) is 0 Å². The maximum absolute atomic E-state index is 12.8. The number of H-pyrrole nitrogens is 1. The summed E-state index contributed by atoms with van der Waals surface area (Å²) < 4.78 is 38.4. The first-order valence-corrected chi connectivity index (χ1v) is 8.09. The Morgan fingerprint density at radius 2 is 1.84 bits per heavy atom. The lowest BCUT2D eigenvalue weighted by atomic mass is 9.91. The van der Waals surface area contributed by atoms with Crippen LogP contribution in [-0.4, -0.2) is 33.3 Å². The molecule has 1 N–H and O–H groups in total. The van der Waals surface area contributed by atoms with E-state index in [1.54, 1.807) is 0 Å². The standard InChI is InChI=1S/C17H16F3N5/c18-17(19,20)14-9-15(22-10-21-14)25-7-5-11(6-8-25)16-12-3-1-2-4-13(12)23-24-16/h1-4,9-11H,5-8H2,(H,23,24). The van der Waals surface area contributed by atoms with Crippen molar-refractivity contribution in [2.24, 2.45) is 0 Å². The van der Waals surface area contributed by atoms with Gasteiger partial charge in [0.05, 0.1) is 5.52 Å². The van der Waals surface area contributed by atoms with Crippen molar-refractivity contribution in [3.05, 3.63) is 48.0 Å². The minimum absolute atomic E-state index is 0.313. The van der Waals surface area contributed by atoms with Crippen LogP contribution >= 0.6 is 0 Å². The molecule has 0 spiro atoms. The van der Waals surface area contributed by atoms with Gasteiger partial charge in [0.1, 0.15) is 17.8 Å². The first kappa shape index (κ1) is 15.9. The van der Waals surface area contributed by atoms with Crippen molar-refractivity contribution < 1.29 is 13.2 Å². The molecule has 4 rings (SSSR count). The highest BCUT2D eigenvalue weighted by molar-refractivity contribution is 5.81. The molecule has 0 unspecified atom stereocenters. The summed E-state index contributed by atoms with van der Waals surface area (Å²) in [6.45, 7) is 1.29. The van der Waals surface area contributed by atoms with Crippen molar-refractivity contribution >= 4 is 16.7 Å². The Kier molecular flexibility index (Phi) is 3.82. The van der Waals surface area contributed by atoms with Crippen molar-refractivity contribution in [3.63, 3.8) is 0 Å². The molecule has 1 fully saturated rings. The fourth-order valence-electron chi connectivity index (χ4n) is 3.36. The molecule has 0 radical (unpaired) electrons. The molecule has 3 aromatic rings. The third-order valence-electron chi connectivity index (χ3n) is 4.66. The molecule has 2 aromatic heterocycles. The van der Waals surface area contributed by atoms with Crippen molar-refractivity contribution in [3.8, 4) is 0 Å². The number of alkyl halides is 3. The molecule has 1 saturated heterocycles. The quantitative estimate of drug-likeness (QED) is 0.767. The molecule has 0 bridgehead atoms. The second kappa shape index (κ2) is 6.02. The van der Waals surface area contributed by atoms with E-state index in [2.05, 4.69) is 20.2 Å². The number of aromatic nitrogens is 4. The molecule has 1 aliphatic rings. The van der Waals surface area contributed by atoms with E-state index in [1.165, 1.54) is 0 Å². The Bertz CT molecular complexity index is 881. The van der Waals surface area contributed by atoms with Gasteiger partial charge in [-0.05, 0) is 18.9 Å². The molecule has 1 aliphatic heterocycles. The summed E-state index contributed by atoms with van der Waals surface area (Å²) in [6, 6.07) is 8.95. The van der Waals surface area contributed by atoms with Gasteiger partial charge in [0.15, 0.2) is 0 Å². The van der Waals surface area contributed by atoms with Crippen LogP contribution in [0.25, 0.3) is 10.9 Å². The Balaban J connectivity index is 1.50. The topological polar surface area (TPSA) is 57.7 Å². The number of nitrogens with one attached hydrogen (secondary N) is 1. The largest absolute Gasteiger partial charge is 0.433 e. The number of para-hydroxylation sites is 1. The van der Waals surface area contributed by atoms with E-state index in [-0.39, 0.29) is 0 Å². The molecule has 25 heavy (non-hydrogen) atoms. The van der Waals surface area contributed by atoms with Crippen molar-refractivity contribution in [2.75, 3.05) is 18.0 Å². The monoisotopic (exact) mass is 347 g/mol. The van der Waals surface area contributed by atoms with Crippen molar-refractivity contribution in [1.29, 1.82) is 0 Å². The summed E-state index contributed by atoms with van der Waals surface area (Å²) in [5, 5.41) is 8.56. The van der Waals surface area contributed by atoms with Gasteiger partial charge in [0, 0.05) is 36.2 Å². The minimum Gasteiger partial charge on any atom is -0.356 e. The number of nitrogens with zero attached hydrogens (tertiary/aromatic N) is 4. The normalized spacial score (nSPS) is 16.5.